The molecular formula is C15H22F3N3O3. The second-order valence-electron chi connectivity index (χ2n) is 6.49. The number of nitrogens with one attached hydrogen (secondary N) is 1. The van der Waals surface area contributed by atoms with Gasteiger partial charge in [0.15, 0.2) is 5.69 Å². The molecule has 0 saturated carbocycles. The van der Waals surface area contributed by atoms with Gasteiger partial charge in [0.1, 0.15) is 6.04 Å². The van der Waals surface area contributed by atoms with Crippen LogP contribution < -0.4 is 5.32 Å². The number of aliphatic carboxylic acids is 1. The van der Waals surface area contributed by atoms with E-state index >= 15 is 0 Å². The normalized spacial score (nSPS) is 13.6. The van der Waals surface area contributed by atoms with Crippen LogP contribution in [0.5, 0.6) is 0 Å². The lowest BCUT2D eigenvalue weighted by atomic mass is 10.1. The molecule has 9 heteroatoms. The molecule has 0 fully saturated rings. The molecule has 136 valence electrons. The van der Waals surface area contributed by atoms with E-state index in [2.05, 4.69) is 10.4 Å². The van der Waals surface area contributed by atoms with Crippen molar-refractivity contribution in [2.45, 2.75) is 64.7 Å². The number of hydrogen-bond acceptors (Lipinski definition) is 3. The van der Waals surface area contributed by atoms with Crippen LogP contribution in [-0.2, 0) is 16.5 Å². The molecule has 24 heavy (non-hydrogen) atoms. The number of nitrogens with zero attached hydrogens (tertiary/aromatic N) is 2. The summed E-state index contributed by atoms with van der Waals surface area (Å²) in [5.74, 6) is -2.38. The minimum atomic E-state index is -4.79. The summed E-state index contributed by atoms with van der Waals surface area (Å²) < 4.78 is 40.8. The van der Waals surface area contributed by atoms with Gasteiger partial charge in [-0.05, 0) is 27.2 Å². The molecule has 6 nitrogen and oxygen atoms in total. The fraction of sp³-hybridized carbons (Fsp3) is 0.667. The number of carboxylic acids is 1. The molecule has 2 N–H and O–H groups in total. The molecule has 0 radical (unpaired) electrons. The lowest BCUT2D eigenvalue weighted by Gasteiger charge is -2.24. The summed E-state index contributed by atoms with van der Waals surface area (Å²) in [4.78, 5) is 23.4. The standard InChI is InChI=1S/C15H22F3N3O3/c1-5-6-7-10(13(23)24)20-12(22)9-8-19-21(14(2,3)4)11(9)15(16,17)18/h8,10H,5-7H2,1-4H3,(H,20,22)(H,23,24). The number of carboxylic acid groups (broad SMARTS) is 1. The third kappa shape index (κ3) is 4.72. The summed E-state index contributed by atoms with van der Waals surface area (Å²) in [6, 6.07) is -1.24. The Morgan fingerprint density at radius 3 is 2.33 bits per heavy atom. The number of aromatic nitrogens is 2. The molecule has 1 aromatic rings. The Morgan fingerprint density at radius 1 is 1.33 bits per heavy atom. The third-order valence-corrected chi connectivity index (χ3v) is 3.37. The van der Waals surface area contributed by atoms with Crippen LogP contribution in [0, 0.1) is 0 Å². The summed E-state index contributed by atoms with van der Waals surface area (Å²) in [5, 5.41) is 14.9. The Hall–Kier alpha value is -2.06. The van der Waals surface area contributed by atoms with E-state index < -0.39 is 40.9 Å². The Kier molecular flexibility index (Phi) is 6.02. The average molecular weight is 349 g/mol. The first-order valence-corrected chi connectivity index (χ1v) is 7.59. The molecule has 0 spiro atoms. The molecule has 0 bridgehead atoms. The van der Waals surface area contributed by atoms with Crippen molar-refractivity contribution in [2.24, 2.45) is 0 Å². The van der Waals surface area contributed by atoms with Crippen LogP contribution in [0.3, 0.4) is 0 Å². The molecule has 0 saturated heterocycles. The molecule has 1 heterocycles. The number of unbranched alkanes of at least 4 members (excludes halogenated alkanes) is 1. The Labute approximate surface area is 138 Å². The lowest BCUT2D eigenvalue weighted by Crippen LogP contribution is -2.41. The third-order valence-electron chi connectivity index (χ3n) is 3.37. The topological polar surface area (TPSA) is 84.2 Å². The van der Waals surface area contributed by atoms with Gasteiger partial charge in [0, 0.05) is 0 Å². The number of carbonyl (C=O) groups is 2. The molecule has 0 aromatic carbocycles. The molecule has 0 aliphatic carbocycles. The van der Waals surface area contributed by atoms with Gasteiger partial charge in [0.05, 0.1) is 17.3 Å². The Bertz CT molecular complexity index is 603. The number of alkyl halides is 3. The predicted molar refractivity (Wildman–Crippen MR) is 80.6 cm³/mol. The van der Waals surface area contributed by atoms with Gasteiger partial charge in [0.25, 0.3) is 5.91 Å². The molecule has 1 aromatic heterocycles. The fourth-order valence-electron chi connectivity index (χ4n) is 2.20. The van der Waals surface area contributed by atoms with Crippen LogP contribution in [0.15, 0.2) is 6.20 Å². The zero-order chi connectivity index (χ0) is 18.7. The van der Waals surface area contributed by atoms with E-state index in [1.807, 2.05) is 6.92 Å². The van der Waals surface area contributed by atoms with Gasteiger partial charge in [-0.1, -0.05) is 19.8 Å². The van der Waals surface area contributed by atoms with Crippen molar-refractivity contribution in [3.63, 3.8) is 0 Å². The quantitative estimate of drug-likeness (QED) is 0.827. The molecule has 1 amide bonds. The zero-order valence-electron chi connectivity index (χ0n) is 14.1. The van der Waals surface area contributed by atoms with E-state index in [1.165, 1.54) is 20.8 Å². The largest absolute Gasteiger partial charge is 0.480 e. The smallest absolute Gasteiger partial charge is 0.433 e. The van der Waals surface area contributed by atoms with Crippen LogP contribution in [0.25, 0.3) is 0 Å². The average Bonchev–Trinajstić information content (AvgIpc) is 2.87. The Balaban J connectivity index is 3.19. The zero-order valence-corrected chi connectivity index (χ0v) is 14.1. The van der Waals surface area contributed by atoms with Gasteiger partial charge in [0.2, 0.25) is 0 Å². The monoisotopic (exact) mass is 349 g/mol. The van der Waals surface area contributed by atoms with Crippen molar-refractivity contribution in [3.05, 3.63) is 17.5 Å². The van der Waals surface area contributed by atoms with Crippen LogP contribution in [0.2, 0.25) is 0 Å². The van der Waals surface area contributed by atoms with E-state index in [-0.39, 0.29) is 6.42 Å². The summed E-state index contributed by atoms with van der Waals surface area (Å²) in [7, 11) is 0. The van der Waals surface area contributed by atoms with E-state index in [9.17, 15) is 22.8 Å². The van der Waals surface area contributed by atoms with Gasteiger partial charge in [-0.2, -0.15) is 18.3 Å². The predicted octanol–water partition coefficient (Wildman–Crippen LogP) is 3.03. The SMILES string of the molecule is CCCCC(NC(=O)c1cnn(C(C)(C)C)c1C(F)(F)F)C(=O)O. The number of rotatable bonds is 6. The maximum absolute atomic E-state index is 13.4. The highest BCUT2D eigenvalue weighted by Crippen LogP contribution is 2.34. The molecular weight excluding hydrogens is 327 g/mol. The van der Waals surface area contributed by atoms with Crippen LogP contribution >= 0.6 is 0 Å². The van der Waals surface area contributed by atoms with Crippen molar-refractivity contribution < 1.29 is 27.9 Å². The van der Waals surface area contributed by atoms with Gasteiger partial charge < -0.3 is 10.4 Å². The first-order chi connectivity index (χ1) is 10.9. The number of carbonyl (C=O) groups excluding carboxylic acids is 1. The van der Waals surface area contributed by atoms with Crippen LogP contribution in [-0.4, -0.2) is 32.8 Å². The molecule has 1 unspecified atom stereocenters. The lowest BCUT2D eigenvalue weighted by molar-refractivity contribution is -0.146. The van der Waals surface area contributed by atoms with Crippen LogP contribution in [0.1, 0.15) is 63.0 Å². The molecule has 1 atom stereocenters. The van der Waals surface area contributed by atoms with Crippen molar-refractivity contribution in [1.82, 2.24) is 15.1 Å². The van der Waals surface area contributed by atoms with E-state index in [0.29, 0.717) is 12.8 Å². The summed E-state index contributed by atoms with van der Waals surface area (Å²) >= 11 is 0. The summed E-state index contributed by atoms with van der Waals surface area (Å²) in [5.41, 5.74) is -2.86. The van der Waals surface area contributed by atoms with Crippen molar-refractivity contribution in [3.8, 4) is 0 Å². The van der Waals surface area contributed by atoms with Gasteiger partial charge in [-0.15, -0.1) is 0 Å². The second kappa shape index (κ2) is 7.23. The Morgan fingerprint density at radius 2 is 1.92 bits per heavy atom. The highest BCUT2D eigenvalue weighted by Gasteiger charge is 2.42. The second-order valence-corrected chi connectivity index (χ2v) is 6.49. The number of amides is 1. The fourth-order valence-corrected chi connectivity index (χ4v) is 2.20. The van der Waals surface area contributed by atoms with Crippen molar-refractivity contribution in [2.75, 3.05) is 0 Å². The number of hydrogen-bond donors (Lipinski definition) is 2. The maximum atomic E-state index is 13.4. The molecule has 0 aliphatic heterocycles. The maximum Gasteiger partial charge on any atom is 0.433 e. The number of halogens is 3. The van der Waals surface area contributed by atoms with Crippen LogP contribution in [0.4, 0.5) is 13.2 Å². The van der Waals surface area contributed by atoms with Gasteiger partial charge in [-0.3, -0.25) is 9.48 Å². The first kappa shape index (κ1) is 20.0. The van der Waals surface area contributed by atoms with Crippen molar-refractivity contribution in [1.29, 1.82) is 0 Å². The highest BCUT2D eigenvalue weighted by molar-refractivity contribution is 5.97. The summed E-state index contributed by atoms with van der Waals surface area (Å²) in [6.45, 7) is 6.42. The van der Waals surface area contributed by atoms with Gasteiger partial charge in [-0.25, -0.2) is 4.79 Å². The molecule has 1 rings (SSSR count). The van der Waals surface area contributed by atoms with E-state index in [0.717, 1.165) is 10.9 Å². The summed E-state index contributed by atoms with van der Waals surface area (Å²) in [6.07, 6.45) is -2.59. The molecule has 0 aliphatic rings. The first-order valence-electron chi connectivity index (χ1n) is 7.59. The van der Waals surface area contributed by atoms with Gasteiger partial charge >= 0.3 is 12.1 Å². The highest BCUT2D eigenvalue weighted by atomic mass is 19.4. The minimum Gasteiger partial charge on any atom is -0.480 e. The minimum absolute atomic E-state index is 0.145. The van der Waals surface area contributed by atoms with Crippen molar-refractivity contribution >= 4 is 11.9 Å². The van der Waals surface area contributed by atoms with E-state index in [4.69, 9.17) is 5.11 Å². The van der Waals surface area contributed by atoms with E-state index in [1.54, 1.807) is 0 Å².